The van der Waals surface area contributed by atoms with Crippen molar-refractivity contribution in [2.24, 2.45) is 0 Å². The van der Waals surface area contributed by atoms with Gasteiger partial charge < -0.3 is 9.47 Å². The van der Waals surface area contributed by atoms with Gasteiger partial charge in [-0.2, -0.15) is 0 Å². The van der Waals surface area contributed by atoms with Gasteiger partial charge in [-0.05, 0) is 37.3 Å². The molecule has 0 spiro atoms. The molecule has 0 radical (unpaired) electrons. The maximum Gasteiger partial charge on any atom is 0.132 e. The smallest absolute Gasteiger partial charge is 0.132 e. The third-order valence-corrected chi connectivity index (χ3v) is 3.21. The van der Waals surface area contributed by atoms with Gasteiger partial charge in [0.2, 0.25) is 0 Å². The van der Waals surface area contributed by atoms with Gasteiger partial charge in [0.15, 0.2) is 0 Å². The Hall–Kier alpha value is -0.670. The Morgan fingerprint density at radius 3 is 2.71 bits per heavy atom. The topological polar surface area (TPSA) is 18.5 Å². The third-order valence-electron chi connectivity index (χ3n) is 2.45. The molecule has 1 rings (SSSR count). The predicted molar refractivity (Wildman–Crippen MR) is 74.2 cm³/mol. The van der Waals surface area contributed by atoms with Crippen molar-refractivity contribution in [3.8, 4) is 5.75 Å². The van der Waals surface area contributed by atoms with Gasteiger partial charge in [-0.25, -0.2) is 0 Å². The third kappa shape index (κ3) is 5.46. The number of aryl methyl sites for hydroxylation is 1. The Morgan fingerprint density at radius 1 is 1.18 bits per heavy atom. The lowest BCUT2D eigenvalue weighted by atomic mass is 10.2. The fourth-order valence-corrected chi connectivity index (χ4v) is 2.08. The number of ether oxygens (including phenoxy) is 2. The zero-order valence-corrected chi connectivity index (χ0v) is 11.8. The van der Waals surface area contributed by atoms with Crippen molar-refractivity contribution >= 4 is 11.8 Å². The molecule has 1 aromatic rings. The lowest BCUT2D eigenvalue weighted by Crippen LogP contribution is -2.07. The molecule has 0 unspecified atom stereocenters. The zero-order chi connectivity index (χ0) is 12.5. The van der Waals surface area contributed by atoms with E-state index >= 15 is 0 Å². The van der Waals surface area contributed by atoms with Crippen LogP contribution < -0.4 is 4.74 Å². The highest BCUT2D eigenvalue weighted by Crippen LogP contribution is 2.28. The normalized spacial score (nSPS) is 10.5. The second-order valence-electron chi connectivity index (χ2n) is 3.97. The summed E-state index contributed by atoms with van der Waals surface area (Å²) in [5.74, 6) is 0.960. The standard InChI is InChI=1S/C14H22O2S/c1-4-5-8-15-9-10-16-13-7-6-12(2)11-14(13)17-3/h6-7,11H,4-5,8-10H2,1-3H3. The van der Waals surface area contributed by atoms with E-state index in [0.717, 1.165) is 18.8 Å². The van der Waals surface area contributed by atoms with Crippen molar-refractivity contribution in [2.75, 3.05) is 26.1 Å². The van der Waals surface area contributed by atoms with Crippen molar-refractivity contribution in [3.05, 3.63) is 23.8 Å². The Bertz CT molecular complexity index is 326. The molecule has 17 heavy (non-hydrogen) atoms. The molecule has 0 atom stereocenters. The Balaban J connectivity index is 2.31. The molecule has 0 aliphatic rings. The van der Waals surface area contributed by atoms with E-state index in [-0.39, 0.29) is 0 Å². The average molecular weight is 254 g/mol. The minimum atomic E-state index is 0.625. The largest absolute Gasteiger partial charge is 0.490 e. The molecular formula is C14H22O2S. The van der Waals surface area contributed by atoms with E-state index in [1.807, 2.05) is 6.07 Å². The molecule has 0 fully saturated rings. The van der Waals surface area contributed by atoms with Gasteiger partial charge in [0.05, 0.1) is 6.61 Å². The van der Waals surface area contributed by atoms with Crippen molar-refractivity contribution in [1.82, 2.24) is 0 Å². The molecule has 96 valence electrons. The lowest BCUT2D eigenvalue weighted by Gasteiger charge is -2.11. The summed E-state index contributed by atoms with van der Waals surface area (Å²) in [7, 11) is 0. The van der Waals surface area contributed by atoms with Gasteiger partial charge in [0, 0.05) is 11.5 Å². The number of thioether (sulfide) groups is 1. The van der Waals surface area contributed by atoms with Gasteiger partial charge in [0.25, 0.3) is 0 Å². The number of hydrogen-bond donors (Lipinski definition) is 0. The number of hydrogen-bond acceptors (Lipinski definition) is 3. The van der Waals surface area contributed by atoms with Crippen LogP contribution in [0.3, 0.4) is 0 Å². The van der Waals surface area contributed by atoms with Crippen LogP contribution in [0.2, 0.25) is 0 Å². The summed E-state index contributed by atoms with van der Waals surface area (Å²) in [6.45, 7) is 6.39. The minimum absolute atomic E-state index is 0.625. The first-order chi connectivity index (χ1) is 8.27. The van der Waals surface area contributed by atoms with E-state index in [1.54, 1.807) is 11.8 Å². The zero-order valence-electron chi connectivity index (χ0n) is 11.0. The van der Waals surface area contributed by atoms with E-state index in [4.69, 9.17) is 9.47 Å². The molecule has 0 heterocycles. The summed E-state index contributed by atoms with van der Waals surface area (Å²) >= 11 is 1.72. The fourth-order valence-electron chi connectivity index (χ4n) is 1.45. The van der Waals surface area contributed by atoms with Crippen LogP contribution in [0.1, 0.15) is 25.3 Å². The van der Waals surface area contributed by atoms with Gasteiger partial charge >= 0.3 is 0 Å². The molecule has 0 N–H and O–H groups in total. The van der Waals surface area contributed by atoms with Gasteiger partial charge in [-0.3, -0.25) is 0 Å². The van der Waals surface area contributed by atoms with Crippen LogP contribution in [0.4, 0.5) is 0 Å². The van der Waals surface area contributed by atoms with Crippen LogP contribution in [0.25, 0.3) is 0 Å². The monoisotopic (exact) mass is 254 g/mol. The maximum atomic E-state index is 5.72. The first-order valence-electron chi connectivity index (χ1n) is 6.13. The van der Waals surface area contributed by atoms with E-state index < -0.39 is 0 Å². The Kier molecular flexibility index (Phi) is 7.13. The molecule has 0 saturated heterocycles. The highest BCUT2D eigenvalue weighted by Gasteiger charge is 2.02. The second kappa shape index (κ2) is 8.43. The minimum Gasteiger partial charge on any atom is -0.490 e. The molecule has 0 saturated carbocycles. The molecule has 1 aromatic carbocycles. The molecule has 0 amide bonds. The van der Waals surface area contributed by atoms with Crippen molar-refractivity contribution in [1.29, 1.82) is 0 Å². The highest BCUT2D eigenvalue weighted by atomic mass is 32.2. The van der Waals surface area contributed by atoms with Crippen molar-refractivity contribution in [2.45, 2.75) is 31.6 Å². The molecule has 0 bridgehead atoms. The summed E-state index contributed by atoms with van der Waals surface area (Å²) in [5, 5.41) is 0. The molecule has 0 aliphatic heterocycles. The number of benzene rings is 1. The van der Waals surface area contributed by atoms with Crippen LogP contribution in [-0.4, -0.2) is 26.1 Å². The first kappa shape index (κ1) is 14.4. The predicted octanol–water partition coefficient (Wildman–Crippen LogP) is 3.91. The van der Waals surface area contributed by atoms with Crippen LogP contribution >= 0.6 is 11.8 Å². The summed E-state index contributed by atoms with van der Waals surface area (Å²) in [6.07, 6.45) is 4.37. The van der Waals surface area contributed by atoms with Crippen LogP contribution in [0.15, 0.2) is 23.1 Å². The van der Waals surface area contributed by atoms with Crippen LogP contribution in [0, 0.1) is 6.92 Å². The van der Waals surface area contributed by atoms with Crippen LogP contribution in [0.5, 0.6) is 5.75 Å². The van der Waals surface area contributed by atoms with Gasteiger partial charge in [-0.1, -0.05) is 19.4 Å². The highest BCUT2D eigenvalue weighted by molar-refractivity contribution is 7.98. The van der Waals surface area contributed by atoms with E-state index in [9.17, 15) is 0 Å². The number of rotatable bonds is 8. The Morgan fingerprint density at radius 2 is 2.00 bits per heavy atom. The van der Waals surface area contributed by atoms with Crippen molar-refractivity contribution in [3.63, 3.8) is 0 Å². The van der Waals surface area contributed by atoms with Crippen LogP contribution in [-0.2, 0) is 4.74 Å². The van der Waals surface area contributed by atoms with Gasteiger partial charge in [0.1, 0.15) is 12.4 Å². The van der Waals surface area contributed by atoms with E-state index in [0.29, 0.717) is 13.2 Å². The SMILES string of the molecule is CCCCOCCOc1ccc(C)cc1SC. The molecular weight excluding hydrogens is 232 g/mol. The quantitative estimate of drug-likeness (QED) is 0.517. The first-order valence-corrected chi connectivity index (χ1v) is 7.35. The maximum absolute atomic E-state index is 5.72. The van der Waals surface area contributed by atoms with E-state index in [1.165, 1.54) is 16.9 Å². The molecule has 0 aromatic heterocycles. The molecule has 2 nitrogen and oxygen atoms in total. The second-order valence-corrected chi connectivity index (χ2v) is 4.82. The molecule has 0 aliphatic carbocycles. The fraction of sp³-hybridized carbons (Fsp3) is 0.571. The van der Waals surface area contributed by atoms with E-state index in [2.05, 4.69) is 32.2 Å². The molecule has 3 heteroatoms. The Labute approximate surface area is 109 Å². The number of unbranched alkanes of at least 4 members (excludes halogenated alkanes) is 1. The summed E-state index contributed by atoms with van der Waals surface area (Å²) in [4.78, 5) is 1.19. The summed E-state index contributed by atoms with van der Waals surface area (Å²) in [6, 6.07) is 6.26. The summed E-state index contributed by atoms with van der Waals surface area (Å²) < 4.78 is 11.2. The lowest BCUT2D eigenvalue weighted by molar-refractivity contribution is 0.0971. The average Bonchev–Trinajstić information content (AvgIpc) is 2.35. The van der Waals surface area contributed by atoms with Gasteiger partial charge in [-0.15, -0.1) is 11.8 Å². The van der Waals surface area contributed by atoms with Crippen molar-refractivity contribution < 1.29 is 9.47 Å². The summed E-state index contributed by atoms with van der Waals surface area (Å²) in [5.41, 5.74) is 1.26.